The zero-order valence-corrected chi connectivity index (χ0v) is 10.7. The number of fused-ring (bicyclic) bond motifs is 1. The fraction of sp³-hybridized carbons (Fsp3) is 0.286. The number of esters is 1. The maximum atomic E-state index is 11.3. The van der Waals surface area contributed by atoms with Gasteiger partial charge in [-0.1, -0.05) is 0 Å². The average molecular weight is 262 g/mol. The van der Waals surface area contributed by atoms with Crippen molar-refractivity contribution in [3.63, 3.8) is 0 Å². The van der Waals surface area contributed by atoms with Gasteiger partial charge >= 0.3 is 11.6 Å². The molecule has 0 radical (unpaired) electrons. The fourth-order valence-electron chi connectivity index (χ4n) is 1.57. The summed E-state index contributed by atoms with van der Waals surface area (Å²) in [7, 11) is 0. The molecular weight excluding hydrogens is 248 g/mol. The highest BCUT2D eigenvalue weighted by Gasteiger charge is 2.07. The average Bonchev–Trinajstić information content (AvgIpc) is 2.35. The first-order valence-electron chi connectivity index (χ1n) is 5.91. The molecule has 0 bridgehead atoms. The number of rotatable bonds is 4. The van der Waals surface area contributed by atoms with Crippen LogP contribution in [0.1, 0.15) is 13.8 Å². The molecule has 0 spiro atoms. The van der Waals surface area contributed by atoms with Gasteiger partial charge in [0.15, 0.2) is 6.61 Å². The normalized spacial score (nSPS) is 10.7. The van der Waals surface area contributed by atoms with Crippen LogP contribution in [0.3, 0.4) is 0 Å². The topological polar surface area (TPSA) is 65.7 Å². The molecule has 5 heteroatoms. The molecule has 1 aromatic carbocycles. The second kappa shape index (κ2) is 5.56. The van der Waals surface area contributed by atoms with Crippen LogP contribution in [-0.4, -0.2) is 18.7 Å². The summed E-state index contributed by atoms with van der Waals surface area (Å²) in [5.74, 6) is 0.00664. The van der Waals surface area contributed by atoms with Gasteiger partial charge in [-0.3, -0.25) is 0 Å². The van der Waals surface area contributed by atoms with Gasteiger partial charge in [-0.15, -0.1) is 0 Å². The Balaban J connectivity index is 2.09. The van der Waals surface area contributed by atoms with Crippen molar-refractivity contribution in [2.75, 3.05) is 6.61 Å². The van der Waals surface area contributed by atoms with E-state index in [1.807, 2.05) is 0 Å². The number of hydrogen-bond acceptors (Lipinski definition) is 5. The Kier molecular flexibility index (Phi) is 3.85. The molecule has 0 unspecified atom stereocenters. The third-order valence-electron chi connectivity index (χ3n) is 2.32. The minimum Gasteiger partial charge on any atom is -0.482 e. The van der Waals surface area contributed by atoms with Crippen LogP contribution in [-0.2, 0) is 9.53 Å². The van der Waals surface area contributed by atoms with Gasteiger partial charge in [0.25, 0.3) is 0 Å². The summed E-state index contributed by atoms with van der Waals surface area (Å²) in [6.07, 6.45) is -0.175. The molecule has 0 amide bonds. The van der Waals surface area contributed by atoms with E-state index in [1.54, 1.807) is 38.1 Å². The third kappa shape index (κ3) is 3.58. The standard InChI is InChI=1S/C14H14O5/c1-9(2)18-14(16)8-17-11-5-3-10-4-6-13(15)19-12(10)7-11/h3-7,9H,8H2,1-2H3. The van der Waals surface area contributed by atoms with Crippen LogP contribution >= 0.6 is 0 Å². The quantitative estimate of drug-likeness (QED) is 0.623. The van der Waals surface area contributed by atoms with E-state index in [2.05, 4.69) is 0 Å². The summed E-state index contributed by atoms with van der Waals surface area (Å²) in [5, 5.41) is 0.789. The van der Waals surface area contributed by atoms with E-state index in [4.69, 9.17) is 13.9 Å². The molecule has 5 nitrogen and oxygen atoms in total. The maximum Gasteiger partial charge on any atom is 0.344 e. The van der Waals surface area contributed by atoms with Gasteiger partial charge < -0.3 is 13.9 Å². The summed E-state index contributed by atoms with van der Waals surface area (Å²) in [4.78, 5) is 22.4. The largest absolute Gasteiger partial charge is 0.482 e. The van der Waals surface area contributed by atoms with Crippen LogP contribution in [0.4, 0.5) is 0 Å². The minimum absolute atomic E-state index is 0.175. The van der Waals surface area contributed by atoms with Gasteiger partial charge in [0.1, 0.15) is 11.3 Å². The predicted octanol–water partition coefficient (Wildman–Crippen LogP) is 2.12. The molecule has 0 aliphatic rings. The van der Waals surface area contributed by atoms with E-state index in [0.29, 0.717) is 11.3 Å². The fourth-order valence-corrected chi connectivity index (χ4v) is 1.57. The third-order valence-corrected chi connectivity index (χ3v) is 2.32. The van der Waals surface area contributed by atoms with Crippen LogP contribution in [0.25, 0.3) is 11.0 Å². The van der Waals surface area contributed by atoms with Crippen molar-refractivity contribution >= 4 is 16.9 Å². The van der Waals surface area contributed by atoms with Gasteiger partial charge in [-0.25, -0.2) is 9.59 Å². The summed E-state index contributed by atoms with van der Waals surface area (Å²) in [5.41, 5.74) is -0.00825. The van der Waals surface area contributed by atoms with Gasteiger partial charge in [-0.05, 0) is 32.0 Å². The Hall–Kier alpha value is -2.30. The minimum atomic E-state index is -0.440. The molecule has 1 heterocycles. The number of ether oxygens (including phenoxy) is 2. The number of carbonyl (C=O) groups excluding carboxylic acids is 1. The monoisotopic (exact) mass is 262 g/mol. The van der Waals surface area contributed by atoms with Crippen molar-refractivity contribution in [2.45, 2.75) is 20.0 Å². The summed E-state index contributed by atoms with van der Waals surface area (Å²) in [6.45, 7) is 3.35. The van der Waals surface area contributed by atoms with Crippen molar-refractivity contribution in [3.05, 3.63) is 40.8 Å². The second-order valence-corrected chi connectivity index (χ2v) is 4.28. The number of hydrogen-bond donors (Lipinski definition) is 0. The predicted molar refractivity (Wildman–Crippen MR) is 69.2 cm³/mol. The molecule has 19 heavy (non-hydrogen) atoms. The summed E-state index contributed by atoms with van der Waals surface area (Å²) < 4.78 is 15.2. The van der Waals surface area contributed by atoms with E-state index in [0.717, 1.165) is 5.39 Å². The molecule has 0 saturated carbocycles. The summed E-state index contributed by atoms with van der Waals surface area (Å²) >= 11 is 0. The first-order valence-corrected chi connectivity index (χ1v) is 5.91. The van der Waals surface area contributed by atoms with E-state index in [-0.39, 0.29) is 12.7 Å². The van der Waals surface area contributed by atoms with Gasteiger partial charge in [-0.2, -0.15) is 0 Å². The molecule has 2 rings (SSSR count). The highest BCUT2D eigenvalue weighted by Crippen LogP contribution is 2.19. The molecular formula is C14H14O5. The number of carbonyl (C=O) groups is 1. The highest BCUT2D eigenvalue weighted by molar-refractivity contribution is 5.78. The first kappa shape index (κ1) is 13.1. The smallest absolute Gasteiger partial charge is 0.344 e. The van der Waals surface area contributed by atoms with Gasteiger partial charge in [0.2, 0.25) is 0 Å². The Labute approximate surface area is 109 Å². The molecule has 0 fully saturated rings. The van der Waals surface area contributed by atoms with Crippen LogP contribution in [0, 0.1) is 0 Å². The van der Waals surface area contributed by atoms with Crippen LogP contribution in [0.2, 0.25) is 0 Å². The van der Waals surface area contributed by atoms with E-state index < -0.39 is 11.6 Å². The summed E-state index contributed by atoms with van der Waals surface area (Å²) in [6, 6.07) is 8.03. The SMILES string of the molecule is CC(C)OC(=O)COc1ccc2ccc(=O)oc2c1. The Morgan fingerprint density at radius 3 is 2.74 bits per heavy atom. The Morgan fingerprint density at radius 2 is 2.00 bits per heavy atom. The van der Waals surface area contributed by atoms with E-state index in [1.165, 1.54) is 6.07 Å². The van der Waals surface area contributed by atoms with E-state index in [9.17, 15) is 9.59 Å². The van der Waals surface area contributed by atoms with Crippen LogP contribution in [0.15, 0.2) is 39.5 Å². The molecule has 0 aliphatic heterocycles. The molecule has 1 aromatic heterocycles. The molecule has 2 aromatic rings. The van der Waals surface area contributed by atoms with Crippen LogP contribution < -0.4 is 10.4 Å². The van der Waals surface area contributed by atoms with Crippen molar-refractivity contribution in [2.24, 2.45) is 0 Å². The molecule has 0 N–H and O–H groups in total. The molecule has 100 valence electrons. The van der Waals surface area contributed by atoms with Crippen LogP contribution in [0.5, 0.6) is 5.75 Å². The van der Waals surface area contributed by atoms with Crippen molar-refractivity contribution in [1.29, 1.82) is 0 Å². The molecule has 0 aliphatic carbocycles. The first-order chi connectivity index (χ1) is 9.04. The van der Waals surface area contributed by atoms with Crippen molar-refractivity contribution in [3.8, 4) is 5.75 Å². The zero-order valence-electron chi connectivity index (χ0n) is 10.7. The Morgan fingerprint density at radius 1 is 1.26 bits per heavy atom. The molecule has 0 atom stereocenters. The highest BCUT2D eigenvalue weighted by atomic mass is 16.6. The Bertz CT molecular complexity index is 642. The second-order valence-electron chi connectivity index (χ2n) is 4.28. The van der Waals surface area contributed by atoms with Gasteiger partial charge in [0, 0.05) is 17.5 Å². The van der Waals surface area contributed by atoms with Crippen molar-refractivity contribution < 1.29 is 18.7 Å². The van der Waals surface area contributed by atoms with Gasteiger partial charge in [0.05, 0.1) is 6.10 Å². The number of benzene rings is 1. The lowest BCUT2D eigenvalue weighted by molar-refractivity contribution is -0.149. The lowest BCUT2D eigenvalue weighted by Gasteiger charge is -2.09. The lowest BCUT2D eigenvalue weighted by atomic mass is 10.2. The maximum absolute atomic E-state index is 11.3. The van der Waals surface area contributed by atoms with Crippen molar-refractivity contribution in [1.82, 2.24) is 0 Å². The molecule has 0 saturated heterocycles. The van der Waals surface area contributed by atoms with E-state index >= 15 is 0 Å². The lowest BCUT2D eigenvalue weighted by Crippen LogP contribution is -2.18. The zero-order chi connectivity index (χ0) is 13.8.